The molecule has 1 aliphatic carbocycles. The van der Waals surface area contributed by atoms with Gasteiger partial charge in [-0.05, 0) is 26.0 Å². The maximum atomic E-state index is 13.5. The number of fused-ring (bicyclic) bond motifs is 2. The second-order valence-electron chi connectivity index (χ2n) is 8.46. The van der Waals surface area contributed by atoms with Crippen molar-refractivity contribution in [3.8, 4) is 0 Å². The van der Waals surface area contributed by atoms with Gasteiger partial charge in [0.1, 0.15) is 12.1 Å². The fourth-order valence-corrected chi connectivity index (χ4v) is 3.83. The standard InChI is InChI=1S/C26H28N4O8/c1-13(25(35)37-3)27-11-19(31)29-17-9-10-18(30-20(32)12-28-14(2)26(36)38-4)22-21(17)23(33)15-7-5-6-8-16(15)24(22)34/h5-10,13-14,27-28H,11-12H2,1-4H3,(H,29,31)(H,30,32)/t13-,14+. The average Bonchev–Trinajstić information content (AvgIpc) is 2.92. The summed E-state index contributed by atoms with van der Waals surface area (Å²) in [7, 11) is 2.45. The van der Waals surface area contributed by atoms with Gasteiger partial charge < -0.3 is 20.1 Å². The molecule has 0 saturated carbocycles. The maximum absolute atomic E-state index is 13.5. The summed E-state index contributed by atoms with van der Waals surface area (Å²) in [5, 5.41) is 10.6. The maximum Gasteiger partial charge on any atom is 0.322 e. The number of benzene rings is 2. The molecule has 2 aromatic carbocycles. The number of rotatable bonds is 10. The normalized spacial score (nSPS) is 13.5. The number of hydrogen-bond donors (Lipinski definition) is 4. The van der Waals surface area contributed by atoms with Crippen molar-refractivity contribution < 1.29 is 38.2 Å². The molecule has 0 spiro atoms. The van der Waals surface area contributed by atoms with Crippen LogP contribution in [0.15, 0.2) is 36.4 Å². The highest BCUT2D eigenvalue weighted by atomic mass is 16.5. The summed E-state index contributed by atoms with van der Waals surface area (Å²) in [6.07, 6.45) is 0. The van der Waals surface area contributed by atoms with E-state index in [4.69, 9.17) is 0 Å². The van der Waals surface area contributed by atoms with Crippen molar-refractivity contribution >= 4 is 46.7 Å². The van der Waals surface area contributed by atoms with E-state index < -0.39 is 47.4 Å². The summed E-state index contributed by atoms with van der Waals surface area (Å²) in [6.45, 7) is 2.51. The van der Waals surface area contributed by atoms with Crippen LogP contribution in [0, 0.1) is 0 Å². The Kier molecular flexibility index (Phi) is 9.05. The first kappa shape index (κ1) is 28.2. The Morgan fingerprint density at radius 1 is 0.684 bits per heavy atom. The highest BCUT2D eigenvalue weighted by molar-refractivity contribution is 6.32. The van der Waals surface area contributed by atoms with Gasteiger partial charge in [-0.3, -0.25) is 39.4 Å². The van der Waals surface area contributed by atoms with Crippen LogP contribution < -0.4 is 21.3 Å². The first-order valence-electron chi connectivity index (χ1n) is 11.7. The fraction of sp³-hybridized carbons (Fsp3) is 0.308. The molecule has 0 aromatic heterocycles. The van der Waals surface area contributed by atoms with Gasteiger partial charge >= 0.3 is 11.9 Å². The van der Waals surface area contributed by atoms with Crippen LogP contribution in [-0.4, -0.2) is 74.7 Å². The first-order valence-corrected chi connectivity index (χ1v) is 11.7. The molecule has 12 nitrogen and oxygen atoms in total. The molecule has 0 fully saturated rings. The molecule has 0 radical (unpaired) electrons. The van der Waals surface area contributed by atoms with Crippen molar-refractivity contribution in [3.63, 3.8) is 0 Å². The van der Waals surface area contributed by atoms with Gasteiger partial charge in [-0.15, -0.1) is 0 Å². The molecule has 1 aliphatic rings. The third kappa shape index (κ3) is 6.10. The largest absolute Gasteiger partial charge is 0.468 e. The van der Waals surface area contributed by atoms with E-state index in [-0.39, 0.29) is 46.7 Å². The summed E-state index contributed by atoms with van der Waals surface area (Å²) in [5.41, 5.74) is 0.320. The number of esters is 2. The molecule has 2 atom stereocenters. The first-order chi connectivity index (χ1) is 18.1. The molecular weight excluding hydrogens is 496 g/mol. The smallest absolute Gasteiger partial charge is 0.322 e. The van der Waals surface area contributed by atoms with E-state index in [1.807, 2.05) is 0 Å². The van der Waals surface area contributed by atoms with Gasteiger partial charge in [0, 0.05) is 11.1 Å². The number of anilines is 2. The van der Waals surface area contributed by atoms with E-state index in [0.29, 0.717) is 0 Å². The Morgan fingerprint density at radius 3 is 1.39 bits per heavy atom. The lowest BCUT2D eigenvalue weighted by molar-refractivity contribution is -0.143. The number of carbonyl (C=O) groups is 6. The molecule has 12 heteroatoms. The topological polar surface area (TPSA) is 169 Å². The van der Waals surface area contributed by atoms with E-state index >= 15 is 0 Å². The summed E-state index contributed by atoms with van der Waals surface area (Å²) in [4.78, 5) is 75.2. The van der Waals surface area contributed by atoms with Crippen LogP contribution in [0.25, 0.3) is 0 Å². The molecular formula is C26H28N4O8. The van der Waals surface area contributed by atoms with Crippen LogP contribution in [0.2, 0.25) is 0 Å². The van der Waals surface area contributed by atoms with Gasteiger partial charge in [0.15, 0.2) is 11.6 Å². The minimum Gasteiger partial charge on any atom is -0.468 e. The summed E-state index contributed by atoms with van der Waals surface area (Å²) in [5.74, 6) is -3.25. The van der Waals surface area contributed by atoms with E-state index in [9.17, 15) is 28.8 Å². The number of hydrogen-bond acceptors (Lipinski definition) is 10. The second-order valence-corrected chi connectivity index (χ2v) is 8.46. The third-order valence-electron chi connectivity index (χ3n) is 5.87. The molecule has 38 heavy (non-hydrogen) atoms. The van der Waals surface area contributed by atoms with Crippen LogP contribution in [0.1, 0.15) is 45.7 Å². The highest BCUT2D eigenvalue weighted by Crippen LogP contribution is 2.36. The monoisotopic (exact) mass is 524 g/mol. The van der Waals surface area contributed by atoms with E-state index in [2.05, 4.69) is 30.7 Å². The van der Waals surface area contributed by atoms with E-state index in [0.717, 1.165) is 0 Å². The number of amides is 2. The van der Waals surface area contributed by atoms with Gasteiger partial charge in [0.25, 0.3) is 0 Å². The third-order valence-corrected chi connectivity index (χ3v) is 5.87. The Hall–Kier alpha value is -4.42. The van der Waals surface area contributed by atoms with Gasteiger partial charge in [0.05, 0.1) is 49.8 Å². The second kappa shape index (κ2) is 12.2. The van der Waals surface area contributed by atoms with Crippen LogP contribution in [0.5, 0.6) is 0 Å². The minimum absolute atomic E-state index is 0.0702. The van der Waals surface area contributed by atoms with Crippen LogP contribution in [0.4, 0.5) is 11.4 Å². The van der Waals surface area contributed by atoms with E-state index in [1.165, 1.54) is 52.3 Å². The fourth-order valence-electron chi connectivity index (χ4n) is 3.83. The number of methoxy groups -OCH3 is 2. The molecule has 0 heterocycles. The number of carbonyl (C=O) groups excluding carboxylic acids is 6. The van der Waals surface area contributed by atoms with Gasteiger partial charge in [-0.2, -0.15) is 0 Å². The zero-order valence-electron chi connectivity index (χ0n) is 21.3. The molecule has 0 bridgehead atoms. The Labute approximate surface area is 218 Å². The van der Waals surface area contributed by atoms with Gasteiger partial charge in [0.2, 0.25) is 11.8 Å². The van der Waals surface area contributed by atoms with Crippen molar-refractivity contribution in [2.45, 2.75) is 25.9 Å². The van der Waals surface area contributed by atoms with Crippen molar-refractivity contribution in [1.82, 2.24) is 10.6 Å². The van der Waals surface area contributed by atoms with Gasteiger partial charge in [-0.25, -0.2) is 0 Å². The lowest BCUT2D eigenvalue weighted by atomic mass is 9.82. The quantitative estimate of drug-likeness (QED) is 0.276. The van der Waals surface area contributed by atoms with Gasteiger partial charge in [-0.1, -0.05) is 24.3 Å². The van der Waals surface area contributed by atoms with Crippen LogP contribution in [-0.2, 0) is 28.7 Å². The van der Waals surface area contributed by atoms with Crippen molar-refractivity contribution in [1.29, 1.82) is 0 Å². The lowest BCUT2D eigenvalue weighted by Gasteiger charge is -2.23. The molecule has 3 rings (SSSR count). The predicted octanol–water partition coefficient (Wildman–Crippen LogP) is 0.641. The molecule has 2 amide bonds. The average molecular weight is 525 g/mol. The van der Waals surface area contributed by atoms with Crippen molar-refractivity contribution in [2.75, 3.05) is 37.9 Å². The zero-order valence-corrected chi connectivity index (χ0v) is 21.3. The SMILES string of the molecule is COC(=O)[C@H](C)NCC(=O)Nc1ccc(NC(=O)CN[C@H](C)C(=O)OC)c2c1C(=O)c1ccccc1C2=O. The zero-order chi connectivity index (χ0) is 28.0. The molecule has 0 unspecified atom stereocenters. The van der Waals surface area contributed by atoms with E-state index in [1.54, 1.807) is 12.1 Å². The summed E-state index contributed by atoms with van der Waals surface area (Å²) in [6, 6.07) is 7.56. The molecule has 4 N–H and O–H groups in total. The van der Waals surface area contributed by atoms with Crippen LogP contribution >= 0.6 is 0 Å². The number of ketones is 2. The Balaban J connectivity index is 1.90. The summed E-state index contributed by atoms with van der Waals surface area (Å²) < 4.78 is 9.22. The number of ether oxygens (including phenoxy) is 2. The minimum atomic E-state index is -0.747. The molecule has 200 valence electrons. The molecule has 0 saturated heterocycles. The van der Waals surface area contributed by atoms with Crippen LogP contribution in [0.3, 0.4) is 0 Å². The van der Waals surface area contributed by atoms with Crippen molar-refractivity contribution in [3.05, 3.63) is 58.7 Å². The number of nitrogens with one attached hydrogen (secondary N) is 4. The lowest BCUT2D eigenvalue weighted by Crippen LogP contribution is -2.40. The Bertz CT molecular complexity index is 1210. The summed E-state index contributed by atoms with van der Waals surface area (Å²) >= 11 is 0. The molecule has 2 aromatic rings. The van der Waals surface area contributed by atoms with Crippen molar-refractivity contribution in [2.24, 2.45) is 0 Å². The highest BCUT2D eigenvalue weighted by Gasteiger charge is 2.34. The predicted molar refractivity (Wildman–Crippen MR) is 136 cm³/mol. The molecule has 0 aliphatic heterocycles. The Morgan fingerprint density at radius 2 is 1.05 bits per heavy atom.